The van der Waals surface area contributed by atoms with Gasteiger partial charge in [0.05, 0.1) is 10.7 Å². The van der Waals surface area contributed by atoms with Gasteiger partial charge in [-0.15, -0.1) is 0 Å². The highest BCUT2D eigenvalue weighted by Crippen LogP contribution is 2.20. The molecule has 5 heteroatoms. The van der Waals surface area contributed by atoms with Crippen molar-refractivity contribution >= 4 is 40.5 Å². The molecule has 0 aliphatic carbocycles. The molecule has 0 heterocycles. The maximum atomic E-state index is 11.9. The van der Waals surface area contributed by atoms with E-state index in [4.69, 9.17) is 28.9 Å². The number of hydrogen-bond acceptors (Lipinski definition) is 2. The van der Waals surface area contributed by atoms with E-state index in [-0.39, 0.29) is 5.91 Å². The van der Waals surface area contributed by atoms with Gasteiger partial charge >= 0.3 is 0 Å². The van der Waals surface area contributed by atoms with E-state index in [1.165, 1.54) is 6.07 Å². The molecule has 2 rings (SSSR count). The van der Waals surface area contributed by atoms with Crippen LogP contribution in [-0.4, -0.2) is 5.91 Å². The van der Waals surface area contributed by atoms with Gasteiger partial charge < -0.3 is 11.1 Å². The lowest BCUT2D eigenvalue weighted by Crippen LogP contribution is -2.12. The predicted molar refractivity (Wildman–Crippen MR) is 75.3 cm³/mol. The van der Waals surface area contributed by atoms with E-state index in [0.29, 0.717) is 27.0 Å². The Morgan fingerprint density at radius 1 is 1.06 bits per heavy atom. The molecule has 1 amide bonds. The van der Waals surface area contributed by atoms with Gasteiger partial charge in [-0.1, -0.05) is 23.2 Å². The van der Waals surface area contributed by atoms with Gasteiger partial charge in [0.15, 0.2) is 0 Å². The van der Waals surface area contributed by atoms with Crippen molar-refractivity contribution in [1.82, 2.24) is 0 Å². The van der Waals surface area contributed by atoms with Gasteiger partial charge in [-0.3, -0.25) is 4.79 Å². The molecule has 0 saturated carbocycles. The average molecular weight is 281 g/mol. The van der Waals surface area contributed by atoms with Crippen LogP contribution in [0, 0.1) is 0 Å². The largest absolute Gasteiger partial charge is 0.398 e. The number of nitrogens with one attached hydrogen (secondary N) is 1. The molecule has 0 atom stereocenters. The highest BCUT2D eigenvalue weighted by atomic mass is 35.5. The van der Waals surface area contributed by atoms with Crippen LogP contribution in [0.4, 0.5) is 11.4 Å². The van der Waals surface area contributed by atoms with Gasteiger partial charge in [0, 0.05) is 16.3 Å². The molecule has 0 saturated heterocycles. The van der Waals surface area contributed by atoms with Crippen LogP contribution in [0.15, 0.2) is 42.5 Å². The van der Waals surface area contributed by atoms with Crippen molar-refractivity contribution in [3.8, 4) is 0 Å². The molecule has 2 aromatic rings. The molecular weight excluding hydrogens is 271 g/mol. The number of anilines is 2. The summed E-state index contributed by atoms with van der Waals surface area (Å²) in [6, 6.07) is 11.6. The van der Waals surface area contributed by atoms with E-state index < -0.39 is 0 Å². The first kappa shape index (κ1) is 12.7. The van der Waals surface area contributed by atoms with Gasteiger partial charge in [-0.2, -0.15) is 0 Å². The second kappa shape index (κ2) is 5.29. The van der Waals surface area contributed by atoms with E-state index in [1.807, 2.05) is 0 Å². The van der Waals surface area contributed by atoms with Crippen molar-refractivity contribution < 1.29 is 4.79 Å². The Hall–Kier alpha value is -1.71. The van der Waals surface area contributed by atoms with E-state index >= 15 is 0 Å². The molecule has 3 nitrogen and oxygen atoms in total. The summed E-state index contributed by atoms with van der Waals surface area (Å²) in [5.74, 6) is -0.249. The molecule has 3 N–H and O–H groups in total. The smallest absolute Gasteiger partial charge is 0.255 e. The minimum Gasteiger partial charge on any atom is -0.398 e. The summed E-state index contributed by atoms with van der Waals surface area (Å²) in [4.78, 5) is 11.9. The lowest BCUT2D eigenvalue weighted by molar-refractivity contribution is 0.102. The summed E-state index contributed by atoms with van der Waals surface area (Å²) in [6.07, 6.45) is 0. The van der Waals surface area contributed by atoms with Gasteiger partial charge in [0.1, 0.15) is 0 Å². The number of carbonyl (C=O) groups excluding carboxylic acids is 1. The van der Waals surface area contributed by atoms with Crippen molar-refractivity contribution in [2.45, 2.75) is 0 Å². The molecule has 92 valence electrons. The maximum absolute atomic E-state index is 11.9. The third-order valence-corrected chi connectivity index (χ3v) is 2.96. The fraction of sp³-hybridized carbons (Fsp3) is 0. The first-order valence-corrected chi connectivity index (χ1v) is 5.94. The lowest BCUT2D eigenvalue weighted by atomic mass is 10.2. The van der Waals surface area contributed by atoms with Gasteiger partial charge in [0.25, 0.3) is 5.91 Å². The molecule has 0 bridgehead atoms. The van der Waals surface area contributed by atoms with E-state index in [1.54, 1.807) is 36.4 Å². The summed E-state index contributed by atoms with van der Waals surface area (Å²) in [5, 5.41) is 3.78. The minimum atomic E-state index is -0.249. The summed E-state index contributed by atoms with van der Waals surface area (Å²) >= 11 is 11.6. The Kier molecular flexibility index (Phi) is 3.75. The fourth-order valence-corrected chi connectivity index (χ4v) is 1.67. The van der Waals surface area contributed by atoms with Gasteiger partial charge in [0.2, 0.25) is 0 Å². The molecule has 0 aromatic heterocycles. The number of nitrogen functional groups attached to an aromatic ring is 1. The quantitative estimate of drug-likeness (QED) is 0.822. The predicted octanol–water partition coefficient (Wildman–Crippen LogP) is 3.83. The average Bonchev–Trinajstić information content (AvgIpc) is 2.35. The number of carbonyl (C=O) groups is 1. The van der Waals surface area contributed by atoms with Crippen LogP contribution in [0.1, 0.15) is 10.4 Å². The molecule has 0 spiro atoms. The van der Waals surface area contributed by atoms with Crippen LogP contribution in [0.5, 0.6) is 0 Å². The summed E-state index contributed by atoms with van der Waals surface area (Å²) < 4.78 is 0. The van der Waals surface area contributed by atoms with Crippen LogP contribution in [0.25, 0.3) is 0 Å². The normalized spacial score (nSPS) is 10.1. The third-order valence-electron chi connectivity index (χ3n) is 2.36. The Labute approximate surface area is 115 Å². The zero-order chi connectivity index (χ0) is 13.1. The summed E-state index contributed by atoms with van der Waals surface area (Å²) in [5.41, 5.74) is 7.13. The molecule has 0 fully saturated rings. The second-order valence-corrected chi connectivity index (χ2v) is 4.54. The molecule has 0 aliphatic heterocycles. The number of rotatable bonds is 2. The molecule has 0 radical (unpaired) electrons. The van der Waals surface area contributed by atoms with Crippen LogP contribution in [0.3, 0.4) is 0 Å². The minimum absolute atomic E-state index is 0.249. The van der Waals surface area contributed by atoms with Crippen molar-refractivity contribution in [1.29, 1.82) is 0 Å². The number of hydrogen-bond donors (Lipinski definition) is 2. The molecule has 0 unspecified atom stereocenters. The van der Waals surface area contributed by atoms with Crippen LogP contribution >= 0.6 is 23.2 Å². The van der Waals surface area contributed by atoms with Gasteiger partial charge in [-0.25, -0.2) is 0 Å². The highest BCUT2D eigenvalue weighted by molar-refractivity contribution is 6.33. The second-order valence-electron chi connectivity index (χ2n) is 3.70. The monoisotopic (exact) mass is 280 g/mol. The summed E-state index contributed by atoms with van der Waals surface area (Å²) in [6.45, 7) is 0. The van der Waals surface area contributed by atoms with Crippen molar-refractivity contribution in [2.75, 3.05) is 11.1 Å². The SMILES string of the molecule is Nc1cc(C(=O)Nc2ccc(Cl)cc2)ccc1Cl. The third kappa shape index (κ3) is 2.94. The summed E-state index contributed by atoms with van der Waals surface area (Å²) in [7, 11) is 0. The van der Waals surface area contributed by atoms with Crippen molar-refractivity contribution in [2.24, 2.45) is 0 Å². The van der Waals surface area contributed by atoms with E-state index in [2.05, 4.69) is 5.32 Å². The van der Waals surface area contributed by atoms with Crippen molar-refractivity contribution in [3.05, 3.63) is 58.1 Å². The first-order chi connectivity index (χ1) is 8.56. The standard InChI is InChI=1S/C13H10Cl2N2O/c14-9-2-4-10(5-3-9)17-13(18)8-1-6-11(15)12(16)7-8/h1-7H,16H2,(H,17,18). The molecule has 2 aromatic carbocycles. The Morgan fingerprint density at radius 2 is 1.72 bits per heavy atom. The van der Waals surface area contributed by atoms with E-state index in [0.717, 1.165) is 0 Å². The number of nitrogens with two attached hydrogens (primary N) is 1. The van der Waals surface area contributed by atoms with Crippen LogP contribution in [0.2, 0.25) is 10.0 Å². The topological polar surface area (TPSA) is 55.1 Å². The molecule has 0 aliphatic rings. The van der Waals surface area contributed by atoms with Crippen molar-refractivity contribution in [3.63, 3.8) is 0 Å². The fourth-order valence-electron chi connectivity index (χ4n) is 1.42. The Balaban J connectivity index is 2.16. The molecule has 18 heavy (non-hydrogen) atoms. The zero-order valence-electron chi connectivity index (χ0n) is 9.28. The van der Waals surface area contributed by atoms with Crippen LogP contribution in [-0.2, 0) is 0 Å². The maximum Gasteiger partial charge on any atom is 0.255 e. The number of amides is 1. The Bertz CT molecular complexity index is 582. The molecular formula is C13H10Cl2N2O. The van der Waals surface area contributed by atoms with Gasteiger partial charge in [-0.05, 0) is 42.5 Å². The number of benzene rings is 2. The Morgan fingerprint density at radius 3 is 2.33 bits per heavy atom. The van der Waals surface area contributed by atoms with E-state index in [9.17, 15) is 4.79 Å². The highest BCUT2D eigenvalue weighted by Gasteiger charge is 2.07. The zero-order valence-corrected chi connectivity index (χ0v) is 10.8. The lowest BCUT2D eigenvalue weighted by Gasteiger charge is -2.06. The number of halogens is 2. The first-order valence-electron chi connectivity index (χ1n) is 5.18. The van der Waals surface area contributed by atoms with Crippen LogP contribution < -0.4 is 11.1 Å².